The number of nitrogens with two attached hydrogens (primary N) is 1. The molecule has 1 fully saturated rings. The van der Waals surface area contributed by atoms with E-state index in [2.05, 4.69) is 39.1 Å². The third-order valence-electron chi connectivity index (χ3n) is 5.04. The van der Waals surface area contributed by atoms with Crippen molar-refractivity contribution in [2.75, 3.05) is 6.54 Å². The van der Waals surface area contributed by atoms with Gasteiger partial charge in [0.25, 0.3) is 0 Å². The molecule has 1 atom stereocenters. The fourth-order valence-electron chi connectivity index (χ4n) is 3.59. The normalized spacial score (nSPS) is 28.0. The van der Waals surface area contributed by atoms with E-state index in [1.54, 1.807) is 0 Å². The second-order valence-corrected chi connectivity index (χ2v) is 7.37. The molecule has 1 heterocycles. The summed E-state index contributed by atoms with van der Waals surface area (Å²) in [6, 6.07) is 6.25. The molecule has 4 nitrogen and oxygen atoms in total. The highest BCUT2D eigenvalue weighted by atomic mass is 79.9. The SMILES string of the molecule is NC1=NC(=O)N(CC2CC2)C12CCc1cc(Br)ccc1C2. The van der Waals surface area contributed by atoms with Gasteiger partial charge in [0, 0.05) is 17.4 Å². The molecule has 1 aliphatic heterocycles. The molecule has 0 saturated heterocycles. The first-order valence-electron chi connectivity index (χ1n) is 7.52. The Kier molecular flexibility index (Phi) is 2.89. The molecule has 1 aromatic rings. The van der Waals surface area contributed by atoms with Crippen LogP contribution in [-0.4, -0.2) is 28.9 Å². The third kappa shape index (κ3) is 2.09. The number of fused-ring (bicyclic) bond motifs is 1. The molecule has 2 amide bonds. The molecule has 0 radical (unpaired) electrons. The van der Waals surface area contributed by atoms with E-state index in [4.69, 9.17) is 5.73 Å². The van der Waals surface area contributed by atoms with Gasteiger partial charge in [-0.05, 0) is 54.9 Å². The zero-order chi connectivity index (χ0) is 14.6. The van der Waals surface area contributed by atoms with Crippen molar-refractivity contribution >= 4 is 27.8 Å². The Morgan fingerprint density at radius 2 is 2.19 bits per heavy atom. The average Bonchev–Trinajstić information content (AvgIpc) is 3.24. The van der Waals surface area contributed by atoms with Gasteiger partial charge in [-0.25, -0.2) is 4.79 Å². The topological polar surface area (TPSA) is 58.7 Å². The van der Waals surface area contributed by atoms with Crippen LogP contribution in [0.4, 0.5) is 4.79 Å². The first-order chi connectivity index (χ1) is 10.1. The molecule has 5 heteroatoms. The van der Waals surface area contributed by atoms with Crippen LogP contribution in [0.25, 0.3) is 0 Å². The van der Waals surface area contributed by atoms with Crippen LogP contribution in [0.5, 0.6) is 0 Å². The minimum absolute atomic E-state index is 0.139. The van der Waals surface area contributed by atoms with E-state index in [1.807, 2.05) is 4.90 Å². The number of halogens is 1. The summed E-state index contributed by atoms with van der Waals surface area (Å²) in [7, 11) is 0. The summed E-state index contributed by atoms with van der Waals surface area (Å²) in [5.41, 5.74) is 8.46. The Bertz CT molecular complexity index is 653. The van der Waals surface area contributed by atoms with E-state index in [-0.39, 0.29) is 11.6 Å². The number of amides is 2. The van der Waals surface area contributed by atoms with Crippen LogP contribution in [0.15, 0.2) is 27.7 Å². The number of aryl methyl sites for hydroxylation is 1. The standard InChI is InChI=1S/C16H18BrN3O/c17-13-4-3-12-8-16(6-5-11(12)7-13)14(18)19-15(21)20(16)9-10-1-2-10/h3-4,7,10H,1-2,5-6,8-9H2,(H2,18,19,21). The maximum Gasteiger partial charge on any atom is 0.346 e. The highest BCUT2D eigenvalue weighted by Gasteiger charge is 2.51. The molecule has 1 saturated carbocycles. The van der Waals surface area contributed by atoms with Gasteiger partial charge in [-0.1, -0.05) is 22.0 Å². The minimum atomic E-state index is -0.375. The van der Waals surface area contributed by atoms with Gasteiger partial charge in [-0.15, -0.1) is 0 Å². The number of nitrogens with zero attached hydrogens (tertiary/aromatic N) is 2. The quantitative estimate of drug-likeness (QED) is 0.894. The number of aliphatic imine (C=N–C) groups is 1. The Morgan fingerprint density at radius 3 is 2.95 bits per heavy atom. The smallest absolute Gasteiger partial charge is 0.346 e. The fourth-order valence-corrected chi connectivity index (χ4v) is 4.00. The molecule has 1 aromatic carbocycles. The Balaban J connectivity index is 1.70. The fraction of sp³-hybridized carbons (Fsp3) is 0.500. The molecule has 2 aliphatic carbocycles. The first kappa shape index (κ1) is 13.3. The van der Waals surface area contributed by atoms with Gasteiger partial charge in [0.2, 0.25) is 0 Å². The van der Waals surface area contributed by atoms with Crippen molar-refractivity contribution in [2.24, 2.45) is 16.6 Å². The van der Waals surface area contributed by atoms with E-state index < -0.39 is 0 Å². The monoisotopic (exact) mass is 347 g/mol. The Morgan fingerprint density at radius 1 is 1.38 bits per heavy atom. The molecule has 21 heavy (non-hydrogen) atoms. The van der Waals surface area contributed by atoms with Crippen LogP contribution >= 0.6 is 15.9 Å². The van der Waals surface area contributed by atoms with E-state index in [9.17, 15) is 4.79 Å². The first-order valence-corrected chi connectivity index (χ1v) is 8.31. The van der Waals surface area contributed by atoms with Gasteiger partial charge in [0.05, 0.1) is 0 Å². The lowest BCUT2D eigenvalue weighted by Crippen LogP contribution is -2.57. The number of hydrogen-bond acceptors (Lipinski definition) is 2. The lowest BCUT2D eigenvalue weighted by Gasteiger charge is -2.41. The molecule has 1 unspecified atom stereocenters. The zero-order valence-electron chi connectivity index (χ0n) is 11.8. The largest absolute Gasteiger partial charge is 0.385 e. The predicted octanol–water partition coefficient (Wildman–Crippen LogP) is 2.88. The number of carbonyl (C=O) groups is 1. The van der Waals surface area contributed by atoms with Crippen molar-refractivity contribution < 1.29 is 4.79 Å². The maximum absolute atomic E-state index is 12.2. The highest BCUT2D eigenvalue weighted by Crippen LogP contribution is 2.41. The molecular weight excluding hydrogens is 330 g/mol. The van der Waals surface area contributed by atoms with Gasteiger partial charge in [0.15, 0.2) is 0 Å². The van der Waals surface area contributed by atoms with Crippen LogP contribution in [0, 0.1) is 5.92 Å². The van der Waals surface area contributed by atoms with Crippen LogP contribution < -0.4 is 5.73 Å². The van der Waals surface area contributed by atoms with Gasteiger partial charge < -0.3 is 10.6 Å². The summed E-state index contributed by atoms with van der Waals surface area (Å²) in [6.07, 6.45) is 5.07. The molecule has 2 N–H and O–H groups in total. The van der Waals surface area contributed by atoms with Crippen molar-refractivity contribution in [2.45, 2.75) is 37.6 Å². The second kappa shape index (κ2) is 4.57. The van der Waals surface area contributed by atoms with E-state index in [0.717, 1.165) is 30.3 Å². The summed E-state index contributed by atoms with van der Waals surface area (Å²) in [4.78, 5) is 18.3. The van der Waals surface area contributed by atoms with Gasteiger partial charge in [0.1, 0.15) is 11.4 Å². The predicted molar refractivity (Wildman–Crippen MR) is 85.3 cm³/mol. The lowest BCUT2D eigenvalue weighted by molar-refractivity contribution is 0.156. The zero-order valence-corrected chi connectivity index (χ0v) is 13.4. The van der Waals surface area contributed by atoms with E-state index >= 15 is 0 Å². The van der Waals surface area contributed by atoms with Crippen molar-refractivity contribution in [1.82, 2.24) is 4.90 Å². The van der Waals surface area contributed by atoms with Crippen LogP contribution in [0.3, 0.4) is 0 Å². The minimum Gasteiger partial charge on any atom is -0.385 e. The third-order valence-corrected chi connectivity index (χ3v) is 5.53. The maximum atomic E-state index is 12.2. The van der Waals surface area contributed by atoms with Crippen molar-refractivity contribution in [3.63, 3.8) is 0 Å². The van der Waals surface area contributed by atoms with Crippen molar-refractivity contribution in [1.29, 1.82) is 0 Å². The van der Waals surface area contributed by atoms with Crippen LogP contribution in [-0.2, 0) is 12.8 Å². The Labute approximate surface area is 132 Å². The lowest BCUT2D eigenvalue weighted by atomic mass is 9.76. The van der Waals surface area contributed by atoms with Gasteiger partial charge in [-0.3, -0.25) is 0 Å². The average molecular weight is 348 g/mol. The summed E-state index contributed by atoms with van der Waals surface area (Å²) < 4.78 is 1.11. The molecular formula is C16H18BrN3O. The summed E-state index contributed by atoms with van der Waals surface area (Å²) in [6.45, 7) is 0.814. The second-order valence-electron chi connectivity index (χ2n) is 6.45. The summed E-state index contributed by atoms with van der Waals surface area (Å²) in [5.74, 6) is 1.17. The van der Waals surface area contributed by atoms with Crippen molar-refractivity contribution in [3.05, 3.63) is 33.8 Å². The van der Waals surface area contributed by atoms with Gasteiger partial charge >= 0.3 is 6.03 Å². The number of benzene rings is 1. The summed E-state index contributed by atoms with van der Waals surface area (Å²) in [5, 5.41) is 0. The van der Waals surface area contributed by atoms with E-state index in [1.165, 1.54) is 24.0 Å². The van der Waals surface area contributed by atoms with Crippen LogP contribution in [0.2, 0.25) is 0 Å². The Hall–Kier alpha value is -1.36. The molecule has 0 aromatic heterocycles. The summed E-state index contributed by atoms with van der Waals surface area (Å²) >= 11 is 3.53. The number of rotatable bonds is 2. The molecule has 0 bridgehead atoms. The number of hydrogen-bond donors (Lipinski definition) is 1. The van der Waals surface area contributed by atoms with Gasteiger partial charge in [-0.2, -0.15) is 4.99 Å². The molecule has 110 valence electrons. The van der Waals surface area contributed by atoms with Crippen molar-refractivity contribution in [3.8, 4) is 0 Å². The van der Waals surface area contributed by atoms with E-state index in [0.29, 0.717) is 11.8 Å². The van der Waals surface area contributed by atoms with Crippen LogP contribution in [0.1, 0.15) is 30.4 Å². The molecule has 1 spiro atoms. The number of amidine groups is 1. The number of carbonyl (C=O) groups excluding carboxylic acids is 1. The molecule has 4 rings (SSSR count). The molecule has 3 aliphatic rings. The highest BCUT2D eigenvalue weighted by molar-refractivity contribution is 9.10. The number of urea groups is 1.